The molecule has 1 heterocycles. The van der Waals surface area contributed by atoms with Crippen molar-refractivity contribution in [2.24, 2.45) is 0 Å². The van der Waals surface area contributed by atoms with Crippen LogP contribution in [0.25, 0.3) is 10.9 Å². The van der Waals surface area contributed by atoms with Crippen molar-refractivity contribution in [1.29, 1.82) is 0 Å². The Hall–Kier alpha value is -2.88. The molecule has 0 unspecified atom stereocenters. The van der Waals surface area contributed by atoms with Crippen LogP contribution in [0.4, 0.5) is 5.69 Å². The van der Waals surface area contributed by atoms with Crippen molar-refractivity contribution in [3.8, 4) is 0 Å². The van der Waals surface area contributed by atoms with Crippen molar-refractivity contribution in [2.75, 3.05) is 5.32 Å². The first-order chi connectivity index (χ1) is 11.0. The van der Waals surface area contributed by atoms with Crippen molar-refractivity contribution in [3.05, 3.63) is 65.9 Å². The van der Waals surface area contributed by atoms with Gasteiger partial charge < -0.3 is 9.88 Å². The molecular formula is C19H18N2O2. The van der Waals surface area contributed by atoms with Crippen LogP contribution in [0.1, 0.15) is 22.8 Å². The first-order valence-corrected chi connectivity index (χ1v) is 7.49. The molecule has 0 aliphatic carbocycles. The molecule has 0 bridgehead atoms. The Labute approximate surface area is 134 Å². The van der Waals surface area contributed by atoms with E-state index in [1.807, 2.05) is 29.0 Å². The number of carbonyl (C=O) groups excluding carboxylic acids is 2. The van der Waals surface area contributed by atoms with Crippen LogP contribution in [0.5, 0.6) is 0 Å². The summed E-state index contributed by atoms with van der Waals surface area (Å²) in [5, 5.41) is 3.83. The van der Waals surface area contributed by atoms with Gasteiger partial charge in [0.1, 0.15) is 0 Å². The molecule has 1 N–H and O–H groups in total. The Balaban J connectivity index is 1.79. The monoisotopic (exact) mass is 306 g/mol. The number of rotatable bonds is 4. The van der Waals surface area contributed by atoms with Crippen molar-refractivity contribution in [3.63, 3.8) is 0 Å². The Morgan fingerprint density at radius 2 is 1.78 bits per heavy atom. The minimum atomic E-state index is -0.127. The minimum absolute atomic E-state index is 0.0393. The highest BCUT2D eigenvalue weighted by molar-refractivity contribution is 5.97. The molecule has 1 amide bonds. The second-order valence-corrected chi connectivity index (χ2v) is 5.69. The van der Waals surface area contributed by atoms with Gasteiger partial charge in [0.15, 0.2) is 5.78 Å². The van der Waals surface area contributed by atoms with E-state index in [-0.39, 0.29) is 11.7 Å². The molecule has 2 aromatic carbocycles. The first kappa shape index (κ1) is 15.0. The van der Waals surface area contributed by atoms with Gasteiger partial charge in [-0.2, -0.15) is 0 Å². The van der Waals surface area contributed by atoms with E-state index in [1.165, 1.54) is 12.5 Å². The van der Waals surface area contributed by atoms with Gasteiger partial charge in [0.25, 0.3) is 0 Å². The normalized spacial score (nSPS) is 10.7. The Bertz CT molecular complexity index is 876. The second-order valence-electron chi connectivity index (χ2n) is 5.69. The van der Waals surface area contributed by atoms with Crippen LogP contribution in [-0.4, -0.2) is 16.3 Å². The van der Waals surface area contributed by atoms with Crippen LogP contribution in [0.15, 0.2) is 54.7 Å². The highest BCUT2D eigenvalue weighted by Crippen LogP contribution is 2.18. The summed E-state index contributed by atoms with van der Waals surface area (Å²) in [5.41, 5.74) is 3.58. The van der Waals surface area contributed by atoms with Crippen molar-refractivity contribution >= 4 is 28.3 Å². The number of hydrogen-bond acceptors (Lipinski definition) is 2. The average molecular weight is 306 g/mol. The first-order valence-electron chi connectivity index (χ1n) is 7.49. The van der Waals surface area contributed by atoms with Crippen molar-refractivity contribution in [1.82, 2.24) is 4.57 Å². The fourth-order valence-electron chi connectivity index (χ4n) is 2.65. The van der Waals surface area contributed by atoms with Gasteiger partial charge in [-0.1, -0.05) is 11.6 Å². The molecule has 1 aromatic heterocycles. The zero-order valence-electron chi connectivity index (χ0n) is 13.2. The van der Waals surface area contributed by atoms with Gasteiger partial charge in [0, 0.05) is 29.9 Å². The van der Waals surface area contributed by atoms with Gasteiger partial charge in [0.05, 0.1) is 6.54 Å². The number of ketones is 1. The number of anilines is 1. The maximum absolute atomic E-state index is 12.4. The van der Waals surface area contributed by atoms with Gasteiger partial charge in [-0.3, -0.25) is 9.59 Å². The van der Waals surface area contributed by atoms with E-state index in [9.17, 15) is 9.59 Å². The third-order valence-electron chi connectivity index (χ3n) is 3.77. The fourth-order valence-corrected chi connectivity index (χ4v) is 2.65. The van der Waals surface area contributed by atoms with E-state index < -0.39 is 0 Å². The molecule has 0 saturated carbocycles. The number of Topliss-reactive ketones (excluding diaryl/α,β-unsaturated/α-hetero) is 1. The zero-order chi connectivity index (χ0) is 16.4. The predicted molar refractivity (Wildman–Crippen MR) is 91.8 cm³/mol. The van der Waals surface area contributed by atoms with Crippen molar-refractivity contribution in [2.45, 2.75) is 20.4 Å². The fraction of sp³-hybridized carbons (Fsp3) is 0.158. The van der Waals surface area contributed by atoms with E-state index in [0.717, 1.165) is 10.9 Å². The SMILES string of the molecule is CC(=O)Nc1ccc(C(=O)Cn2ccc3cc(C)ccc32)cc1. The zero-order valence-corrected chi connectivity index (χ0v) is 13.2. The average Bonchev–Trinajstić information content (AvgIpc) is 2.89. The van der Waals surface area contributed by atoms with Crippen LogP contribution in [0.3, 0.4) is 0 Å². The van der Waals surface area contributed by atoms with Crippen LogP contribution >= 0.6 is 0 Å². The summed E-state index contributed by atoms with van der Waals surface area (Å²) in [6.45, 7) is 3.81. The lowest BCUT2D eigenvalue weighted by molar-refractivity contribution is -0.114. The number of amides is 1. The minimum Gasteiger partial charge on any atom is -0.340 e. The molecule has 4 nitrogen and oxygen atoms in total. The molecule has 0 atom stereocenters. The largest absolute Gasteiger partial charge is 0.340 e. The standard InChI is InChI=1S/C19H18N2O2/c1-13-3-8-18-16(11-13)9-10-21(18)12-19(23)15-4-6-17(7-5-15)20-14(2)22/h3-11H,12H2,1-2H3,(H,20,22). The molecule has 4 heteroatoms. The van der Waals surface area contributed by atoms with Crippen LogP contribution in [0, 0.1) is 6.92 Å². The van der Waals surface area contributed by atoms with E-state index in [0.29, 0.717) is 17.8 Å². The van der Waals surface area contributed by atoms with Gasteiger partial charge >= 0.3 is 0 Å². The molecule has 0 fully saturated rings. The number of aromatic nitrogens is 1. The summed E-state index contributed by atoms with van der Waals surface area (Å²) < 4.78 is 1.96. The van der Waals surface area contributed by atoms with Gasteiger partial charge in [-0.05, 0) is 54.8 Å². The smallest absolute Gasteiger partial charge is 0.221 e. The number of hydrogen-bond donors (Lipinski definition) is 1. The Morgan fingerprint density at radius 3 is 2.48 bits per heavy atom. The summed E-state index contributed by atoms with van der Waals surface area (Å²) in [7, 11) is 0. The van der Waals surface area contributed by atoms with Crippen LogP contribution in [-0.2, 0) is 11.3 Å². The van der Waals surface area contributed by atoms with Gasteiger partial charge in [-0.25, -0.2) is 0 Å². The molecule has 3 aromatic rings. The molecule has 116 valence electrons. The third-order valence-corrected chi connectivity index (χ3v) is 3.77. The third kappa shape index (κ3) is 3.31. The van der Waals surface area contributed by atoms with E-state index in [4.69, 9.17) is 0 Å². The summed E-state index contributed by atoms with van der Waals surface area (Å²) in [6, 6.07) is 15.2. The van der Waals surface area contributed by atoms with E-state index in [2.05, 4.69) is 18.3 Å². The molecule has 0 saturated heterocycles. The van der Waals surface area contributed by atoms with E-state index >= 15 is 0 Å². The summed E-state index contributed by atoms with van der Waals surface area (Å²) in [6.07, 6.45) is 1.94. The molecule has 0 radical (unpaired) electrons. The molecule has 23 heavy (non-hydrogen) atoms. The number of fused-ring (bicyclic) bond motifs is 1. The highest BCUT2D eigenvalue weighted by Gasteiger charge is 2.09. The Morgan fingerprint density at radius 1 is 1.04 bits per heavy atom. The second kappa shape index (κ2) is 6.08. The molecule has 3 rings (SSSR count). The van der Waals surface area contributed by atoms with Crippen LogP contribution in [0.2, 0.25) is 0 Å². The molecule has 0 aliphatic heterocycles. The lowest BCUT2D eigenvalue weighted by Crippen LogP contribution is -2.10. The highest BCUT2D eigenvalue weighted by atomic mass is 16.1. The van der Waals surface area contributed by atoms with Crippen LogP contribution < -0.4 is 5.32 Å². The maximum Gasteiger partial charge on any atom is 0.221 e. The lowest BCUT2D eigenvalue weighted by atomic mass is 10.1. The summed E-state index contributed by atoms with van der Waals surface area (Å²) >= 11 is 0. The van der Waals surface area contributed by atoms with E-state index in [1.54, 1.807) is 24.3 Å². The van der Waals surface area contributed by atoms with Crippen molar-refractivity contribution < 1.29 is 9.59 Å². The number of benzene rings is 2. The lowest BCUT2D eigenvalue weighted by Gasteiger charge is -2.07. The maximum atomic E-state index is 12.4. The number of aryl methyl sites for hydroxylation is 1. The topological polar surface area (TPSA) is 51.1 Å². The molecule has 0 aliphatic rings. The molecule has 0 spiro atoms. The predicted octanol–water partition coefficient (Wildman–Crippen LogP) is 3.79. The quantitative estimate of drug-likeness (QED) is 0.746. The van der Waals surface area contributed by atoms with Gasteiger partial charge in [0.2, 0.25) is 5.91 Å². The van der Waals surface area contributed by atoms with Gasteiger partial charge in [-0.15, -0.1) is 0 Å². The Kier molecular flexibility index (Phi) is 3.98. The number of carbonyl (C=O) groups is 2. The summed E-state index contributed by atoms with van der Waals surface area (Å²) in [4.78, 5) is 23.5. The molecular weight excluding hydrogens is 288 g/mol. The summed E-state index contributed by atoms with van der Waals surface area (Å²) in [5.74, 6) is -0.0874. The number of nitrogens with one attached hydrogen (secondary N) is 1. The number of nitrogens with zero attached hydrogens (tertiary/aromatic N) is 1.